The normalized spacial score (nSPS) is 12.2. The first-order valence-corrected chi connectivity index (χ1v) is 9.20. The van der Waals surface area contributed by atoms with Gasteiger partial charge in [-0.15, -0.1) is 0 Å². The molecule has 28 heavy (non-hydrogen) atoms. The summed E-state index contributed by atoms with van der Waals surface area (Å²) in [4.78, 5) is 34.4. The highest BCUT2D eigenvalue weighted by atomic mass is 32.2. The van der Waals surface area contributed by atoms with Crippen LogP contribution in [0.2, 0.25) is 0 Å². The molecule has 156 valence electrons. The number of carbonyl (C=O) groups excluding carboxylic acids is 3. The molecule has 0 bridgehead atoms. The third-order valence-corrected chi connectivity index (χ3v) is 4.40. The lowest BCUT2D eigenvalue weighted by Gasteiger charge is -2.20. The zero-order valence-electron chi connectivity index (χ0n) is 15.1. The second-order valence-corrected chi connectivity index (χ2v) is 7.60. The number of hydrogen-bond acceptors (Lipinski definition) is 8. The monoisotopic (exact) mass is 424 g/mol. The molecule has 0 saturated carbocycles. The number of rotatable bonds is 8. The minimum Gasteiger partial charge on any atom is -0.448 e. The lowest BCUT2D eigenvalue weighted by molar-refractivity contribution is -0.166. The van der Waals surface area contributed by atoms with E-state index in [0.29, 0.717) is 6.42 Å². The van der Waals surface area contributed by atoms with Crippen LogP contribution in [0.3, 0.4) is 0 Å². The van der Waals surface area contributed by atoms with Crippen molar-refractivity contribution in [2.24, 2.45) is 5.41 Å². The van der Waals surface area contributed by atoms with Crippen LogP contribution in [0.25, 0.3) is 0 Å². The molecule has 0 spiro atoms. The first-order chi connectivity index (χ1) is 12.7. The van der Waals surface area contributed by atoms with Gasteiger partial charge in [-0.25, -0.2) is 9.59 Å². The fourth-order valence-corrected chi connectivity index (χ4v) is 1.71. The van der Waals surface area contributed by atoms with Crippen molar-refractivity contribution in [3.63, 3.8) is 0 Å². The van der Waals surface area contributed by atoms with E-state index in [4.69, 9.17) is 14.0 Å². The van der Waals surface area contributed by atoms with Gasteiger partial charge < -0.3 is 14.2 Å². The van der Waals surface area contributed by atoms with E-state index in [1.807, 2.05) is 6.92 Å². The van der Waals surface area contributed by atoms with Gasteiger partial charge in [0.15, 0.2) is 6.61 Å². The Hall–Kier alpha value is -2.60. The number of halogens is 2. The highest BCUT2D eigenvalue weighted by Gasteiger charge is 2.54. The van der Waals surface area contributed by atoms with Crippen molar-refractivity contribution in [1.82, 2.24) is 0 Å². The quantitative estimate of drug-likeness (QED) is 0.378. The maximum absolute atomic E-state index is 13.0. The Morgan fingerprint density at radius 3 is 1.89 bits per heavy atom. The van der Waals surface area contributed by atoms with Crippen molar-refractivity contribution in [1.29, 1.82) is 0 Å². The number of ether oxygens (including phenoxy) is 3. The summed E-state index contributed by atoms with van der Waals surface area (Å²) in [7, 11) is -6.04. The second-order valence-electron chi connectivity index (χ2n) is 6.14. The Morgan fingerprint density at radius 1 is 1.00 bits per heavy atom. The van der Waals surface area contributed by atoms with Crippen LogP contribution in [-0.4, -0.2) is 42.7 Å². The molecule has 0 saturated heterocycles. The number of carbonyl (C=O) groups is 3. The van der Waals surface area contributed by atoms with Crippen molar-refractivity contribution in [3.05, 3.63) is 24.3 Å². The van der Waals surface area contributed by atoms with Crippen LogP contribution < -0.4 is 9.47 Å². The molecule has 0 heterocycles. The topological polar surface area (TPSA) is 133 Å². The van der Waals surface area contributed by atoms with E-state index in [2.05, 4.69) is 4.74 Å². The first kappa shape index (κ1) is 23.4. The Morgan fingerprint density at radius 2 is 1.46 bits per heavy atom. The maximum atomic E-state index is 13.0. The average molecular weight is 424 g/mol. The van der Waals surface area contributed by atoms with Gasteiger partial charge in [0, 0.05) is 0 Å². The maximum Gasteiger partial charge on any atom is 0.465 e. The summed E-state index contributed by atoms with van der Waals surface area (Å²) in [5, 5.41) is -5.22. The molecular formula is C16H18F2O9S. The van der Waals surface area contributed by atoms with Crippen LogP contribution in [0.4, 0.5) is 8.78 Å². The fourth-order valence-electron chi connectivity index (χ4n) is 1.44. The Kier molecular flexibility index (Phi) is 7.20. The first-order valence-electron chi connectivity index (χ1n) is 7.76. The molecule has 0 fully saturated rings. The van der Waals surface area contributed by atoms with Crippen molar-refractivity contribution in [3.8, 4) is 11.5 Å². The summed E-state index contributed by atoms with van der Waals surface area (Å²) in [6.45, 7) is 3.91. The lowest BCUT2D eigenvalue weighted by atomic mass is 9.91. The van der Waals surface area contributed by atoms with Gasteiger partial charge in [0.1, 0.15) is 11.5 Å². The standard InChI is InChI=1S/C16H18F2O9S/c1-4-15(2,3)13(20)27-11-7-5-10(6-8-11)26-12(19)9-25-14(21)16(17,18)28(22,23)24/h5-8H,4,9H2,1-3H3,(H,22,23,24). The highest BCUT2D eigenvalue weighted by Crippen LogP contribution is 2.25. The van der Waals surface area contributed by atoms with E-state index in [0.717, 1.165) is 0 Å². The second kappa shape index (κ2) is 8.61. The summed E-state index contributed by atoms with van der Waals surface area (Å²) in [6, 6.07) is 5.08. The Bertz CT molecular complexity index is 845. The lowest BCUT2D eigenvalue weighted by Crippen LogP contribution is -2.40. The number of benzene rings is 1. The largest absolute Gasteiger partial charge is 0.465 e. The van der Waals surface area contributed by atoms with Crippen molar-refractivity contribution in [2.45, 2.75) is 32.4 Å². The van der Waals surface area contributed by atoms with E-state index < -0.39 is 45.3 Å². The van der Waals surface area contributed by atoms with Gasteiger partial charge in [0.25, 0.3) is 0 Å². The summed E-state index contributed by atoms with van der Waals surface area (Å²) >= 11 is 0. The number of hydrogen-bond donors (Lipinski definition) is 1. The Labute approximate surface area is 159 Å². The van der Waals surface area contributed by atoms with Gasteiger partial charge in [-0.3, -0.25) is 9.35 Å². The Balaban J connectivity index is 2.62. The van der Waals surface area contributed by atoms with Crippen molar-refractivity contribution < 1.29 is 50.3 Å². The SMILES string of the molecule is CCC(C)(C)C(=O)Oc1ccc(OC(=O)COC(=O)C(F)(F)S(=O)(=O)O)cc1. The van der Waals surface area contributed by atoms with Crippen LogP contribution >= 0.6 is 0 Å². The molecule has 0 unspecified atom stereocenters. The van der Waals surface area contributed by atoms with Crippen molar-refractivity contribution >= 4 is 28.0 Å². The van der Waals surface area contributed by atoms with Crippen LogP contribution in [0, 0.1) is 5.41 Å². The van der Waals surface area contributed by atoms with E-state index in [9.17, 15) is 31.6 Å². The molecule has 1 aromatic carbocycles. The van der Waals surface area contributed by atoms with Gasteiger partial charge in [-0.1, -0.05) is 6.92 Å². The van der Waals surface area contributed by atoms with Crippen LogP contribution in [0.1, 0.15) is 27.2 Å². The molecule has 0 aliphatic carbocycles. The molecule has 1 N–H and O–H groups in total. The van der Waals surface area contributed by atoms with E-state index in [1.165, 1.54) is 24.3 Å². The van der Waals surface area contributed by atoms with Crippen LogP contribution in [-0.2, 0) is 29.2 Å². The van der Waals surface area contributed by atoms with Gasteiger partial charge in [0.2, 0.25) is 0 Å². The third-order valence-electron chi connectivity index (χ3n) is 3.59. The average Bonchev–Trinajstić information content (AvgIpc) is 2.60. The molecule has 0 amide bonds. The minimum absolute atomic E-state index is 0.0860. The third kappa shape index (κ3) is 5.96. The smallest absolute Gasteiger partial charge is 0.448 e. The van der Waals surface area contributed by atoms with E-state index in [1.54, 1.807) is 13.8 Å². The molecule has 1 rings (SSSR count). The zero-order valence-corrected chi connectivity index (χ0v) is 15.9. The van der Waals surface area contributed by atoms with Gasteiger partial charge in [-0.2, -0.15) is 17.2 Å². The van der Waals surface area contributed by atoms with Gasteiger partial charge in [-0.05, 0) is 44.5 Å². The summed E-state index contributed by atoms with van der Waals surface area (Å²) in [5.41, 5.74) is -0.695. The van der Waals surface area contributed by atoms with Crippen LogP contribution in [0.15, 0.2) is 24.3 Å². The highest BCUT2D eigenvalue weighted by molar-refractivity contribution is 7.87. The molecule has 0 aliphatic rings. The fraction of sp³-hybridized carbons (Fsp3) is 0.438. The van der Waals surface area contributed by atoms with E-state index >= 15 is 0 Å². The summed E-state index contributed by atoms with van der Waals surface area (Å²) in [6.07, 6.45) is 0.552. The molecule has 0 atom stereocenters. The van der Waals surface area contributed by atoms with Crippen molar-refractivity contribution in [2.75, 3.05) is 6.61 Å². The summed E-state index contributed by atoms with van der Waals surface area (Å²) in [5.74, 6) is -4.31. The van der Waals surface area contributed by atoms with E-state index in [-0.39, 0.29) is 11.5 Å². The van der Waals surface area contributed by atoms with Crippen LogP contribution in [0.5, 0.6) is 11.5 Å². The summed E-state index contributed by atoms with van der Waals surface area (Å²) < 4.78 is 68.6. The predicted octanol–water partition coefficient (Wildman–Crippen LogP) is 1.96. The molecule has 0 aliphatic heterocycles. The molecular weight excluding hydrogens is 406 g/mol. The van der Waals surface area contributed by atoms with Gasteiger partial charge in [0.05, 0.1) is 5.41 Å². The number of alkyl halides is 2. The molecule has 0 radical (unpaired) electrons. The zero-order chi connectivity index (χ0) is 21.8. The molecule has 0 aromatic heterocycles. The molecule has 12 heteroatoms. The minimum atomic E-state index is -6.04. The number of esters is 3. The van der Waals surface area contributed by atoms with Gasteiger partial charge >= 0.3 is 33.3 Å². The predicted molar refractivity (Wildman–Crippen MR) is 89.2 cm³/mol. The molecule has 9 nitrogen and oxygen atoms in total. The molecule has 1 aromatic rings.